The number of fused-ring (bicyclic) bond motifs is 1. The molecule has 0 aliphatic carbocycles. The summed E-state index contributed by atoms with van der Waals surface area (Å²) in [6.07, 6.45) is -0.164. The first kappa shape index (κ1) is 23.7. The van der Waals surface area contributed by atoms with Crippen molar-refractivity contribution >= 4 is 34.5 Å². The van der Waals surface area contributed by atoms with E-state index in [9.17, 15) is 19.2 Å². The molecule has 0 aromatic heterocycles. The van der Waals surface area contributed by atoms with Crippen LogP contribution in [0, 0.1) is 0 Å². The Hall–Kier alpha value is -3.62. The Morgan fingerprint density at radius 1 is 0.774 bits per heavy atom. The van der Waals surface area contributed by atoms with Crippen LogP contribution in [-0.4, -0.2) is 37.9 Å². The topological polar surface area (TPSA) is 114 Å². The lowest BCUT2D eigenvalue weighted by Gasteiger charge is -2.22. The van der Waals surface area contributed by atoms with E-state index < -0.39 is 17.9 Å². The van der Waals surface area contributed by atoms with Crippen LogP contribution in [-0.2, 0) is 36.9 Å². The number of hydrogen-bond acceptors (Lipinski definition) is 9. The highest BCUT2D eigenvalue weighted by molar-refractivity contribution is 6.04. The second kappa shape index (κ2) is 9.92. The average Bonchev–Trinajstić information content (AvgIpc) is 2.67. The molecule has 0 unspecified atom stereocenters. The highest BCUT2D eigenvalue weighted by Gasteiger charge is 2.28. The molecule has 2 aromatic carbocycles. The van der Waals surface area contributed by atoms with E-state index >= 15 is 0 Å². The van der Waals surface area contributed by atoms with Gasteiger partial charge in [0.2, 0.25) is 0 Å². The van der Waals surface area contributed by atoms with Gasteiger partial charge in [-0.25, -0.2) is 0 Å². The van der Waals surface area contributed by atoms with Gasteiger partial charge in [-0.15, -0.1) is 0 Å². The van der Waals surface area contributed by atoms with Crippen molar-refractivity contribution in [1.29, 1.82) is 0 Å². The van der Waals surface area contributed by atoms with Crippen LogP contribution in [0.4, 0.5) is 0 Å². The van der Waals surface area contributed by atoms with Gasteiger partial charge in [0.05, 0.1) is 19.6 Å². The van der Waals surface area contributed by atoms with Crippen LogP contribution in [0.25, 0.3) is 10.8 Å². The summed E-state index contributed by atoms with van der Waals surface area (Å²) in [6.45, 7) is 4.68. The highest BCUT2D eigenvalue weighted by Crippen LogP contribution is 2.47. The smallest absolute Gasteiger partial charge is 0.308 e. The number of esters is 3. The molecule has 166 valence electrons. The molecule has 0 aliphatic rings. The molecular weight excluding hydrogens is 408 g/mol. The maximum atomic E-state index is 12.1. The summed E-state index contributed by atoms with van der Waals surface area (Å²) in [5.41, 5.74) is 0.468. The van der Waals surface area contributed by atoms with E-state index in [0.717, 1.165) is 0 Å². The standard InChI is InChI=1S/C22H24O9/c1-11(23)7-16-18(10-29-12(2)24)22(31-14(4)26)20-17(21(16)30-13(3)25)8-15(27-5)9-19(20)28-6/h8-9H,7,10H2,1-6H3. The molecule has 0 bridgehead atoms. The lowest BCUT2D eigenvalue weighted by molar-refractivity contribution is -0.142. The molecule has 0 N–H and O–H groups in total. The number of hydrogen-bond donors (Lipinski definition) is 0. The number of rotatable bonds is 8. The highest BCUT2D eigenvalue weighted by atomic mass is 16.6. The average molecular weight is 432 g/mol. The van der Waals surface area contributed by atoms with E-state index in [-0.39, 0.29) is 47.2 Å². The largest absolute Gasteiger partial charge is 0.497 e. The predicted molar refractivity (Wildman–Crippen MR) is 110 cm³/mol. The first-order valence-electron chi connectivity index (χ1n) is 9.32. The van der Waals surface area contributed by atoms with Gasteiger partial charge in [-0.1, -0.05) is 0 Å². The summed E-state index contributed by atoms with van der Waals surface area (Å²) in [6, 6.07) is 3.13. The molecule has 0 spiro atoms. The Morgan fingerprint density at radius 3 is 1.87 bits per heavy atom. The van der Waals surface area contributed by atoms with Crippen molar-refractivity contribution in [3.63, 3.8) is 0 Å². The summed E-state index contributed by atoms with van der Waals surface area (Å²) in [4.78, 5) is 47.4. The molecule has 0 amide bonds. The zero-order valence-electron chi connectivity index (χ0n) is 18.2. The molecule has 0 heterocycles. The number of benzene rings is 2. The van der Waals surface area contributed by atoms with E-state index in [1.165, 1.54) is 41.9 Å². The van der Waals surface area contributed by atoms with Crippen LogP contribution >= 0.6 is 0 Å². The molecular formula is C22H24O9. The summed E-state index contributed by atoms with van der Waals surface area (Å²) < 4.78 is 26.9. The maximum Gasteiger partial charge on any atom is 0.308 e. The fourth-order valence-corrected chi connectivity index (χ4v) is 3.15. The van der Waals surface area contributed by atoms with E-state index in [1.54, 1.807) is 12.1 Å². The predicted octanol–water partition coefficient (Wildman–Crippen LogP) is 2.90. The molecule has 2 aromatic rings. The number of carbonyl (C=O) groups is 4. The van der Waals surface area contributed by atoms with Crippen LogP contribution in [0.3, 0.4) is 0 Å². The third-order valence-corrected chi connectivity index (χ3v) is 4.25. The molecule has 0 fully saturated rings. The van der Waals surface area contributed by atoms with Crippen molar-refractivity contribution in [2.45, 2.75) is 40.7 Å². The van der Waals surface area contributed by atoms with Gasteiger partial charge in [-0.2, -0.15) is 0 Å². The maximum absolute atomic E-state index is 12.1. The molecule has 9 heteroatoms. The SMILES string of the molecule is COc1cc(OC)c2c(OC(C)=O)c(COC(C)=O)c(CC(C)=O)c(OC(C)=O)c2c1. The van der Waals surface area contributed by atoms with Gasteiger partial charge in [0.15, 0.2) is 0 Å². The Bertz CT molecular complexity index is 1050. The Kier molecular flexibility index (Phi) is 7.57. The Labute approximate surface area is 179 Å². The van der Waals surface area contributed by atoms with Crippen molar-refractivity contribution in [3.05, 3.63) is 23.3 Å². The molecule has 31 heavy (non-hydrogen) atoms. The fourth-order valence-electron chi connectivity index (χ4n) is 3.15. The first-order valence-corrected chi connectivity index (χ1v) is 9.32. The van der Waals surface area contributed by atoms with E-state index in [4.69, 9.17) is 23.7 Å². The fraction of sp³-hybridized carbons (Fsp3) is 0.364. The lowest BCUT2D eigenvalue weighted by Crippen LogP contribution is -2.14. The summed E-state index contributed by atoms with van der Waals surface area (Å²) >= 11 is 0. The molecule has 0 aliphatic heterocycles. The third kappa shape index (κ3) is 5.50. The summed E-state index contributed by atoms with van der Waals surface area (Å²) in [7, 11) is 2.86. The van der Waals surface area contributed by atoms with Gasteiger partial charge in [-0.3, -0.25) is 19.2 Å². The number of methoxy groups -OCH3 is 2. The molecule has 0 saturated heterocycles. The van der Waals surface area contributed by atoms with Gasteiger partial charge in [0.25, 0.3) is 0 Å². The molecule has 0 saturated carbocycles. The Balaban J connectivity index is 3.11. The second-order valence-corrected chi connectivity index (χ2v) is 6.71. The van der Waals surface area contributed by atoms with E-state index in [0.29, 0.717) is 16.5 Å². The van der Waals surface area contributed by atoms with E-state index in [1.807, 2.05) is 0 Å². The van der Waals surface area contributed by atoms with Crippen molar-refractivity contribution in [3.8, 4) is 23.0 Å². The minimum atomic E-state index is -0.641. The van der Waals surface area contributed by atoms with Crippen molar-refractivity contribution in [2.75, 3.05) is 14.2 Å². The van der Waals surface area contributed by atoms with Crippen LogP contribution in [0.2, 0.25) is 0 Å². The van der Waals surface area contributed by atoms with Gasteiger partial charge >= 0.3 is 17.9 Å². The van der Waals surface area contributed by atoms with Gasteiger partial charge in [-0.05, 0) is 13.0 Å². The lowest BCUT2D eigenvalue weighted by atomic mass is 9.94. The quantitative estimate of drug-likeness (QED) is 0.459. The minimum absolute atomic E-state index is 0.0374. The van der Waals surface area contributed by atoms with Gasteiger partial charge in [0, 0.05) is 49.8 Å². The van der Waals surface area contributed by atoms with Crippen LogP contribution in [0.5, 0.6) is 23.0 Å². The molecule has 9 nitrogen and oxygen atoms in total. The zero-order chi connectivity index (χ0) is 23.3. The van der Waals surface area contributed by atoms with Crippen molar-refractivity contribution < 1.29 is 42.9 Å². The number of ketones is 1. The first-order chi connectivity index (χ1) is 14.6. The van der Waals surface area contributed by atoms with Crippen molar-refractivity contribution in [2.24, 2.45) is 0 Å². The third-order valence-electron chi connectivity index (χ3n) is 4.25. The van der Waals surface area contributed by atoms with Gasteiger partial charge < -0.3 is 23.7 Å². The zero-order valence-corrected chi connectivity index (χ0v) is 18.2. The number of carbonyl (C=O) groups excluding carboxylic acids is 4. The second-order valence-electron chi connectivity index (χ2n) is 6.71. The Morgan fingerprint density at radius 2 is 1.39 bits per heavy atom. The summed E-state index contributed by atoms with van der Waals surface area (Å²) in [5.74, 6) is -1.36. The monoisotopic (exact) mass is 432 g/mol. The normalized spacial score (nSPS) is 10.4. The molecule has 0 radical (unpaired) electrons. The van der Waals surface area contributed by atoms with Crippen LogP contribution in [0.1, 0.15) is 38.8 Å². The van der Waals surface area contributed by atoms with Gasteiger partial charge in [0.1, 0.15) is 35.4 Å². The summed E-state index contributed by atoms with van der Waals surface area (Å²) in [5, 5.41) is 0.620. The number of ether oxygens (including phenoxy) is 5. The molecule has 2 rings (SSSR count). The molecule has 0 atom stereocenters. The van der Waals surface area contributed by atoms with Crippen molar-refractivity contribution in [1.82, 2.24) is 0 Å². The van der Waals surface area contributed by atoms with E-state index in [2.05, 4.69) is 0 Å². The minimum Gasteiger partial charge on any atom is -0.497 e. The van der Waals surface area contributed by atoms with Crippen LogP contribution in [0.15, 0.2) is 12.1 Å². The van der Waals surface area contributed by atoms with Crippen LogP contribution < -0.4 is 18.9 Å². The number of Topliss-reactive ketones (excluding diaryl/α,β-unsaturated/α-hetero) is 1.